The lowest BCUT2D eigenvalue weighted by atomic mass is 10.1. The van der Waals surface area contributed by atoms with Crippen molar-refractivity contribution in [1.29, 1.82) is 0 Å². The molecule has 2 rings (SSSR count). The molecule has 0 aromatic heterocycles. The largest absolute Gasteiger partial charge is 0.465 e. The first-order valence-electron chi connectivity index (χ1n) is 6.87. The summed E-state index contributed by atoms with van der Waals surface area (Å²) in [6.45, 7) is -0.467. The van der Waals surface area contributed by atoms with Crippen LogP contribution in [0, 0.1) is 17.5 Å². The van der Waals surface area contributed by atoms with Gasteiger partial charge in [0.05, 0.1) is 16.9 Å². The molecule has 0 fully saturated rings. The van der Waals surface area contributed by atoms with E-state index in [0.717, 1.165) is 6.07 Å². The Morgan fingerprint density at radius 2 is 1.77 bits per heavy atom. The number of carbonyl (C=O) groups is 1. The molecule has 1 amide bonds. The van der Waals surface area contributed by atoms with E-state index < -0.39 is 58.9 Å². The Hall–Kier alpha value is -3.11. The fourth-order valence-electron chi connectivity index (χ4n) is 2.07. The molecule has 0 atom stereocenters. The summed E-state index contributed by atoms with van der Waals surface area (Å²) >= 11 is 0. The maximum Gasteiger partial charge on any atom is 0.416 e. The van der Waals surface area contributed by atoms with Crippen LogP contribution in [0.25, 0.3) is 0 Å². The Morgan fingerprint density at radius 1 is 1.12 bits per heavy atom. The van der Waals surface area contributed by atoms with Gasteiger partial charge in [0, 0.05) is 18.2 Å². The molecule has 11 heteroatoms. The van der Waals surface area contributed by atoms with Crippen molar-refractivity contribution in [3.05, 3.63) is 52.8 Å². The number of halogens is 6. The molecule has 0 bridgehead atoms. The summed E-state index contributed by atoms with van der Waals surface area (Å²) in [4.78, 5) is 10.5. The van der Waals surface area contributed by atoms with E-state index in [9.17, 15) is 31.1 Å². The smallest absolute Gasteiger partial charge is 0.416 e. The average Bonchev–Trinajstić information content (AvgIpc) is 2.53. The summed E-state index contributed by atoms with van der Waals surface area (Å²) in [5, 5.41) is 12.4. The number of hydrogen-bond donors (Lipinski definition) is 4. The van der Waals surface area contributed by atoms with Crippen molar-refractivity contribution >= 4 is 23.2 Å². The second-order valence-corrected chi connectivity index (χ2v) is 5.10. The van der Waals surface area contributed by atoms with Gasteiger partial charge in [-0.15, -0.1) is 0 Å². The lowest BCUT2D eigenvalue weighted by Gasteiger charge is -2.14. The minimum Gasteiger partial charge on any atom is -0.465 e. The van der Waals surface area contributed by atoms with Gasteiger partial charge >= 0.3 is 12.3 Å². The van der Waals surface area contributed by atoms with Gasteiger partial charge in [-0.25, -0.2) is 18.0 Å². The number of carboxylic acid groups (broad SMARTS) is 1. The van der Waals surface area contributed by atoms with Crippen molar-refractivity contribution in [3.8, 4) is 0 Å². The van der Waals surface area contributed by atoms with Crippen LogP contribution in [-0.2, 0) is 12.7 Å². The van der Waals surface area contributed by atoms with Gasteiger partial charge in [0.15, 0.2) is 11.6 Å². The van der Waals surface area contributed by atoms with Crippen LogP contribution in [0.15, 0.2) is 24.3 Å². The van der Waals surface area contributed by atoms with Crippen molar-refractivity contribution in [2.75, 3.05) is 16.4 Å². The molecular formula is C15H11F6N3O2. The zero-order valence-electron chi connectivity index (χ0n) is 12.7. The number of nitrogens with two attached hydrogens (primary N) is 1. The molecule has 0 radical (unpaired) electrons. The highest BCUT2D eigenvalue weighted by molar-refractivity contribution is 5.89. The number of amides is 1. The quantitative estimate of drug-likeness (QED) is 0.468. The van der Waals surface area contributed by atoms with E-state index in [1.165, 1.54) is 0 Å². The molecule has 2 aromatic rings. The third kappa shape index (κ3) is 4.10. The number of nitrogen functional groups attached to an aromatic ring is 1. The molecule has 2 aromatic carbocycles. The standard InChI is InChI=1S/C15H11F6N3O2/c16-8-3-7(15(19,20)21)2-1-6(8)5-23-10-4-9(17)13(24-14(25)26)12(22)11(10)18/h1-4,23-24H,5,22H2,(H,25,26). The van der Waals surface area contributed by atoms with Gasteiger partial charge in [0.25, 0.3) is 0 Å². The van der Waals surface area contributed by atoms with Gasteiger partial charge < -0.3 is 16.2 Å². The maximum atomic E-state index is 14.1. The zero-order chi connectivity index (χ0) is 19.6. The Balaban J connectivity index is 2.24. The monoisotopic (exact) mass is 379 g/mol. The van der Waals surface area contributed by atoms with Crippen LogP contribution in [0.3, 0.4) is 0 Å². The zero-order valence-corrected chi connectivity index (χ0v) is 12.7. The summed E-state index contributed by atoms with van der Waals surface area (Å²) in [6.07, 6.45) is -6.38. The first-order valence-corrected chi connectivity index (χ1v) is 6.87. The summed E-state index contributed by atoms with van der Waals surface area (Å²) in [5.74, 6) is -3.59. The SMILES string of the molecule is Nc1c(F)c(NCc2ccc(C(F)(F)F)cc2F)cc(F)c1NC(=O)O. The van der Waals surface area contributed by atoms with Crippen LogP contribution < -0.4 is 16.4 Å². The maximum absolute atomic E-state index is 14.1. The molecule has 140 valence electrons. The predicted octanol–water partition coefficient (Wildman–Crippen LogP) is 4.41. The van der Waals surface area contributed by atoms with E-state index in [4.69, 9.17) is 10.8 Å². The fourth-order valence-corrected chi connectivity index (χ4v) is 2.07. The van der Waals surface area contributed by atoms with E-state index in [-0.39, 0.29) is 11.6 Å². The van der Waals surface area contributed by atoms with Crippen LogP contribution in [0.4, 0.5) is 48.2 Å². The molecule has 5 nitrogen and oxygen atoms in total. The van der Waals surface area contributed by atoms with Crippen molar-refractivity contribution in [1.82, 2.24) is 0 Å². The third-order valence-corrected chi connectivity index (χ3v) is 3.33. The van der Waals surface area contributed by atoms with Gasteiger partial charge in [-0.3, -0.25) is 5.32 Å². The van der Waals surface area contributed by atoms with Crippen LogP contribution in [0.5, 0.6) is 0 Å². The Kier molecular flexibility index (Phi) is 5.19. The molecule has 0 saturated heterocycles. The topological polar surface area (TPSA) is 87.4 Å². The van der Waals surface area contributed by atoms with E-state index in [0.29, 0.717) is 12.1 Å². The number of rotatable bonds is 4. The molecule has 0 heterocycles. The number of anilines is 3. The van der Waals surface area contributed by atoms with Crippen molar-refractivity contribution in [3.63, 3.8) is 0 Å². The third-order valence-electron chi connectivity index (χ3n) is 3.33. The summed E-state index contributed by atoms with van der Waals surface area (Å²) in [5.41, 5.74) is 1.76. The molecule has 0 aliphatic rings. The van der Waals surface area contributed by atoms with Crippen LogP contribution in [0.2, 0.25) is 0 Å². The van der Waals surface area contributed by atoms with Crippen molar-refractivity contribution in [2.24, 2.45) is 0 Å². The van der Waals surface area contributed by atoms with E-state index in [1.807, 2.05) is 0 Å². The van der Waals surface area contributed by atoms with Crippen molar-refractivity contribution in [2.45, 2.75) is 12.7 Å². The highest BCUT2D eigenvalue weighted by atomic mass is 19.4. The molecule has 0 aliphatic heterocycles. The van der Waals surface area contributed by atoms with E-state index in [2.05, 4.69) is 5.32 Å². The van der Waals surface area contributed by atoms with Gasteiger partial charge in [-0.1, -0.05) is 6.07 Å². The Labute approximate surface area is 142 Å². The molecule has 0 spiro atoms. The number of nitrogens with one attached hydrogen (secondary N) is 2. The second-order valence-electron chi connectivity index (χ2n) is 5.10. The highest BCUT2D eigenvalue weighted by Crippen LogP contribution is 2.33. The summed E-state index contributed by atoms with van der Waals surface area (Å²) < 4.78 is 79.1. The van der Waals surface area contributed by atoms with Gasteiger partial charge in [0.1, 0.15) is 11.5 Å². The first kappa shape index (κ1) is 19.2. The Morgan fingerprint density at radius 3 is 2.31 bits per heavy atom. The molecule has 0 unspecified atom stereocenters. The minimum absolute atomic E-state index is 0.232. The summed E-state index contributed by atoms with van der Waals surface area (Å²) in [7, 11) is 0. The molecule has 26 heavy (non-hydrogen) atoms. The predicted molar refractivity (Wildman–Crippen MR) is 81.1 cm³/mol. The van der Waals surface area contributed by atoms with Gasteiger partial charge in [-0.2, -0.15) is 13.2 Å². The van der Waals surface area contributed by atoms with Crippen LogP contribution in [-0.4, -0.2) is 11.2 Å². The van der Waals surface area contributed by atoms with Crippen molar-refractivity contribution < 1.29 is 36.2 Å². The summed E-state index contributed by atoms with van der Waals surface area (Å²) in [6, 6.07) is 2.36. The lowest BCUT2D eigenvalue weighted by molar-refractivity contribution is -0.137. The first-order chi connectivity index (χ1) is 12.0. The number of hydrogen-bond acceptors (Lipinski definition) is 3. The molecular weight excluding hydrogens is 368 g/mol. The molecule has 5 N–H and O–H groups in total. The van der Waals surface area contributed by atoms with Gasteiger partial charge in [-0.05, 0) is 12.1 Å². The normalized spacial score (nSPS) is 11.3. The second kappa shape index (κ2) is 7.02. The minimum atomic E-state index is -4.72. The van der Waals surface area contributed by atoms with E-state index >= 15 is 0 Å². The Bertz CT molecular complexity index is 854. The van der Waals surface area contributed by atoms with Gasteiger partial charge in [0.2, 0.25) is 0 Å². The van der Waals surface area contributed by atoms with Crippen LogP contribution in [0.1, 0.15) is 11.1 Å². The van der Waals surface area contributed by atoms with E-state index in [1.54, 1.807) is 5.32 Å². The number of benzene rings is 2. The molecule has 0 saturated carbocycles. The number of alkyl halides is 3. The van der Waals surface area contributed by atoms with Crippen LogP contribution >= 0.6 is 0 Å². The average molecular weight is 379 g/mol. The lowest BCUT2D eigenvalue weighted by Crippen LogP contribution is -2.14. The highest BCUT2D eigenvalue weighted by Gasteiger charge is 2.31. The molecule has 0 aliphatic carbocycles. The fraction of sp³-hybridized carbons (Fsp3) is 0.133.